The fourth-order valence-corrected chi connectivity index (χ4v) is 3.26. The molecule has 1 amide bonds. The minimum absolute atomic E-state index is 0.248. The Hall–Kier alpha value is -1.94. The molecule has 0 radical (unpaired) electrons. The van der Waals surface area contributed by atoms with E-state index >= 15 is 0 Å². The molecule has 10 heteroatoms. The lowest BCUT2D eigenvalue weighted by Crippen LogP contribution is -2.16. The molecule has 5 nitrogen and oxygen atoms in total. The molecular formula is C12H8F3N3O2S2. The van der Waals surface area contributed by atoms with Crippen molar-refractivity contribution in [3.63, 3.8) is 0 Å². The highest BCUT2D eigenvalue weighted by Crippen LogP contribution is 2.31. The van der Waals surface area contributed by atoms with Gasteiger partial charge in [0, 0.05) is 12.5 Å². The van der Waals surface area contributed by atoms with Crippen LogP contribution >= 0.6 is 23.3 Å². The average Bonchev–Trinajstić information content (AvgIpc) is 2.93. The Morgan fingerprint density at radius 2 is 2.23 bits per heavy atom. The first-order valence-electron chi connectivity index (χ1n) is 5.88. The van der Waals surface area contributed by atoms with Crippen LogP contribution in [0.1, 0.15) is 10.5 Å². The fraction of sp³-hybridized carbons (Fsp3) is 0.167. The lowest BCUT2D eigenvalue weighted by atomic mass is 10.3. The van der Waals surface area contributed by atoms with Crippen LogP contribution in [0.15, 0.2) is 24.4 Å². The summed E-state index contributed by atoms with van der Waals surface area (Å²) in [4.78, 5) is 16.4. The third-order valence-electron chi connectivity index (χ3n) is 2.73. The third kappa shape index (κ3) is 2.83. The van der Waals surface area contributed by atoms with E-state index in [4.69, 9.17) is 0 Å². The van der Waals surface area contributed by atoms with Gasteiger partial charge in [0.25, 0.3) is 5.91 Å². The molecule has 0 atom stereocenters. The fourth-order valence-electron chi connectivity index (χ4n) is 1.93. The Labute approximate surface area is 130 Å². The van der Waals surface area contributed by atoms with Crippen molar-refractivity contribution in [3.8, 4) is 5.75 Å². The van der Waals surface area contributed by atoms with Gasteiger partial charge >= 0.3 is 6.36 Å². The van der Waals surface area contributed by atoms with E-state index in [0.29, 0.717) is 15.2 Å². The summed E-state index contributed by atoms with van der Waals surface area (Å²) in [6.45, 7) is 0. The first-order chi connectivity index (χ1) is 10.4. The molecule has 0 bridgehead atoms. The molecule has 0 unspecified atom stereocenters. The minimum atomic E-state index is -4.73. The smallest absolute Gasteiger partial charge is 0.406 e. The Morgan fingerprint density at radius 3 is 2.91 bits per heavy atom. The van der Waals surface area contributed by atoms with E-state index in [1.807, 2.05) is 0 Å². The quantitative estimate of drug-likeness (QED) is 0.737. The Balaban J connectivity index is 2.01. The van der Waals surface area contributed by atoms with E-state index in [1.165, 1.54) is 29.5 Å². The van der Waals surface area contributed by atoms with Crippen LogP contribution < -0.4 is 9.46 Å². The minimum Gasteiger partial charge on any atom is -0.406 e. The maximum Gasteiger partial charge on any atom is 0.573 e. The number of alkyl halides is 3. The molecule has 0 saturated carbocycles. The van der Waals surface area contributed by atoms with Crippen LogP contribution in [0.4, 0.5) is 13.2 Å². The average molecular weight is 347 g/mol. The summed E-state index contributed by atoms with van der Waals surface area (Å²) in [5.41, 5.74) is 0.906. The van der Waals surface area contributed by atoms with Gasteiger partial charge < -0.3 is 4.74 Å². The molecule has 2 aromatic heterocycles. The molecule has 1 N–H and O–H groups in total. The molecule has 3 rings (SSSR count). The number of amides is 1. The van der Waals surface area contributed by atoms with Crippen LogP contribution in [0.3, 0.4) is 0 Å². The standard InChI is InChI=1S/C12H8F3N3O2S2/c1-21-17-10(19)7-5-18-8-3-2-6(20-12(13,14)15)4-9(8)22-11(18)16-7/h2-5H,1H3,(H,17,19). The summed E-state index contributed by atoms with van der Waals surface area (Å²) in [5.74, 6) is -0.613. The molecule has 0 saturated heterocycles. The van der Waals surface area contributed by atoms with Crippen molar-refractivity contribution in [2.75, 3.05) is 6.26 Å². The maximum absolute atomic E-state index is 12.2. The SMILES string of the molecule is CSNC(=O)c1cn2c(n1)sc1cc(OC(F)(F)F)ccc12. The van der Waals surface area contributed by atoms with Crippen LogP contribution in [0, 0.1) is 0 Å². The molecule has 1 aromatic carbocycles. The van der Waals surface area contributed by atoms with Crippen LogP contribution in [-0.4, -0.2) is 27.9 Å². The van der Waals surface area contributed by atoms with Gasteiger partial charge in [-0.1, -0.05) is 23.3 Å². The number of benzene rings is 1. The number of carbonyl (C=O) groups is 1. The monoisotopic (exact) mass is 347 g/mol. The molecule has 0 spiro atoms. The number of aromatic nitrogens is 2. The summed E-state index contributed by atoms with van der Waals surface area (Å²) in [7, 11) is 0. The number of imidazole rings is 1. The molecular weight excluding hydrogens is 339 g/mol. The zero-order valence-corrected chi connectivity index (χ0v) is 12.6. The van der Waals surface area contributed by atoms with Crippen LogP contribution in [0.5, 0.6) is 5.75 Å². The second kappa shape index (κ2) is 5.36. The molecule has 3 aromatic rings. The molecule has 0 aliphatic rings. The highest BCUT2D eigenvalue weighted by Gasteiger charge is 2.31. The van der Waals surface area contributed by atoms with Gasteiger partial charge in [-0.05, 0) is 18.2 Å². The van der Waals surface area contributed by atoms with Crippen LogP contribution in [0.2, 0.25) is 0 Å². The highest BCUT2D eigenvalue weighted by atomic mass is 32.2. The summed E-state index contributed by atoms with van der Waals surface area (Å²) < 4.78 is 45.3. The number of hydrogen-bond donors (Lipinski definition) is 1. The lowest BCUT2D eigenvalue weighted by Gasteiger charge is -2.08. The van der Waals surface area contributed by atoms with E-state index in [2.05, 4.69) is 14.4 Å². The normalized spacial score (nSPS) is 12.0. The first-order valence-corrected chi connectivity index (χ1v) is 7.92. The van der Waals surface area contributed by atoms with E-state index < -0.39 is 6.36 Å². The van der Waals surface area contributed by atoms with Crippen molar-refractivity contribution >= 4 is 44.4 Å². The summed E-state index contributed by atoms with van der Waals surface area (Å²) in [6.07, 6.45) is -1.47. The first kappa shape index (κ1) is 15.0. The number of halogens is 3. The van der Waals surface area contributed by atoms with Gasteiger partial charge in [0.1, 0.15) is 11.4 Å². The molecule has 2 heterocycles. The Morgan fingerprint density at radius 1 is 1.45 bits per heavy atom. The van der Waals surface area contributed by atoms with E-state index in [-0.39, 0.29) is 17.4 Å². The summed E-state index contributed by atoms with van der Waals surface area (Å²) >= 11 is 2.34. The molecule has 22 heavy (non-hydrogen) atoms. The van der Waals surface area contributed by atoms with Crippen molar-refractivity contribution in [3.05, 3.63) is 30.1 Å². The summed E-state index contributed by atoms with van der Waals surface area (Å²) in [5, 5.41) is 0. The number of nitrogens with zero attached hydrogens (tertiary/aromatic N) is 2. The summed E-state index contributed by atoms with van der Waals surface area (Å²) in [6, 6.07) is 4.02. The highest BCUT2D eigenvalue weighted by molar-refractivity contribution is 7.97. The van der Waals surface area contributed by atoms with Crippen molar-refractivity contribution in [2.24, 2.45) is 0 Å². The van der Waals surface area contributed by atoms with Gasteiger partial charge in [-0.2, -0.15) is 0 Å². The van der Waals surface area contributed by atoms with Gasteiger partial charge in [0.2, 0.25) is 0 Å². The molecule has 0 aliphatic carbocycles. The van der Waals surface area contributed by atoms with Crippen LogP contribution in [0.25, 0.3) is 15.2 Å². The number of carbonyl (C=O) groups excluding carboxylic acids is 1. The number of fused-ring (bicyclic) bond motifs is 3. The van der Waals surface area contributed by atoms with Crippen molar-refractivity contribution in [1.82, 2.24) is 14.1 Å². The topological polar surface area (TPSA) is 55.6 Å². The van der Waals surface area contributed by atoms with E-state index in [0.717, 1.165) is 11.9 Å². The van der Waals surface area contributed by atoms with Gasteiger partial charge in [-0.15, -0.1) is 13.2 Å². The second-order valence-electron chi connectivity index (χ2n) is 4.19. The zero-order chi connectivity index (χ0) is 15.9. The van der Waals surface area contributed by atoms with Gasteiger partial charge in [0.15, 0.2) is 4.96 Å². The van der Waals surface area contributed by atoms with E-state index in [1.54, 1.807) is 16.9 Å². The van der Waals surface area contributed by atoms with Crippen molar-refractivity contribution in [2.45, 2.75) is 6.36 Å². The van der Waals surface area contributed by atoms with E-state index in [9.17, 15) is 18.0 Å². The number of rotatable bonds is 3. The number of ether oxygens (including phenoxy) is 1. The second-order valence-corrected chi connectivity index (χ2v) is 5.81. The van der Waals surface area contributed by atoms with Crippen LogP contribution in [-0.2, 0) is 0 Å². The Kier molecular flexibility index (Phi) is 3.65. The number of hydrogen-bond acceptors (Lipinski definition) is 5. The third-order valence-corrected chi connectivity index (χ3v) is 4.13. The number of thiazole rings is 1. The predicted octanol–water partition coefficient (Wildman–Crippen LogP) is 3.46. The molecule has 116 valence electrons. The largest absolute Gasteiger partial charge is 0.573 e. The lowest BCUT2D eigenvalue weighted by molar-refractivity contribution is -0.274. The predicted molar refractivity (Wildman–Crippen MR) is 78.2 cm³/mol. The Bertz CT molecular complexity index is 856. The zero-order valence-electron chi connectivity index (χ0n) is 11.0. The molecule has 0 fully saturated rings. The van der Waals surface area contributed by atoms with Gasteiger partial charge in [0.05, 0.1) is 10.2 Å². The number of nitrogens with one attached hydrogen (secondary N) is 1. The van der Waals surface area contributed by atoms with Crippen molar-refractivity contribution < 1.29 is 22.7 Å². The molecule has 0 aliphatic heterocycles. The van der Waals surface area contributed by atoms with Gasteiger partial charge in [-0.25, -0.2) is 4.98 Å². The van der Waals surface area contributed by atoms with Crippen molar-refractivity contribution in [1.29, 1.82) is 0 Å². The maximum atomic E-state index is 12.2. The van der Waals surface area contributed by atoms with Gasteiger partial charge in [-0.3, -0.25) is 13.9 Å².